The second kappa shape index (κ2) is 5.55. The van der Waals surface area contributed by atoms with Gasteiger partial charge in [0, 0.05) is 30.3 Å². The molecule has 0 fully saturated rings. The molecule has 2 rings (SSSR count). The summed E-state index contributed by atoms with van der Waals surface area (Å²) in [6.07, 6.45) is 5.56. The van der Waals surface area contributed by atoms with Crippen LogP contribution in [0.1, 0.15) is 0 Å². The highest BCUT2D eigenvalue weighted by Crippen LogP contribution is 2.06. The third-order valence-corrected chi connectivity index (χ3v) is 3.01. The minimum absolute atomic E-state index is 0.865. The first kappa shape index (κ1) is 11.0. The van der Waals surface area contributed by atoms with Gasteiger partial charge < -0.3 is 5.32 Å². The number of aromatic nitrogens is 3. The molecule has 0 aliphatic carbocycles. The van der Waals surface area contributed by atoms with Gasteiger partial charge in [-0.25, -0.2) is 9.50 Å². The van der Waals surface area contributed by atoms with E-state index >= 15 is 0 Å². The van der Waals surface area contributed by atoms with Crippen molar-refractivity contribution in [3.8, 4) is 0 Å². The van der Waals surface area contributed by atoms with Gasteiger partial charge in [0.2, 0.25) is 0 Å². The lowest BCUT2D eigenvalue weighted by Crippen LogP contribution is -2.06. The third kappa shape index (κ3) is 2.76. The lowest BCUT2D eigenvalue weighted by Gasteiger charge is -2.04. The molecule has 0 unspecified atom stereocenters. The first-order chi connectivity index (χ1) is 7.90. The Balaban J connectivity index is 1.86. The van der Waals surface area contributed by atoms with Gasteiger partial charge in [-0.05, 0) is 6.07 Å². The Hall–Kier alpha value is -1.49. The van der Waals surface area contributed by atoms with E-state index in [1.165, 1.54) is 0 Å². The van der Waals surface area contributed by atoms with Crippen LogP contribution in [0.5, 0.6) is 0 Å². The SMILES string of the molecule is C=CCSCCNc1ccn2nccc2n1. The molecule has 16 heavy (non-hydrogen) atoms. The van der Waals surface area contributed by atoms with E-state index in [1.54, 1.807) is 10.7 Å². The normalized spacial score (nSPS) is 10.5. The lowest BCUT2D eigenvalue weighted by molar-refractivity contribution is 0.938. The largest absolute Gasteiger partial charge is 0.369 e. The van der Waals surface area contributed by atoms with Gasteiger partial charge in [-0.3, -0.25) is 0 Å². The second-order valence-electron chi connectivity index (χ2n) is 3.24. The Kier molecular flexibility index (Phi) is 3.82. The Labute approximate surface area is 98.8 Å². The molecule has 0 aromatic carbocycles. The summed E-state index contributed by atoms with van der Waals surface area (Å²) >= 11 is 1.85. The van der Waals surface area contributed by atoms with Crippen LogP contribution in [-0.2, 0) is 0 Å². The zero-order valence-corrected chi connectivity index (χ0v) is 9.78. The first-order valence-electron chi connectivity index (χ1n) is 5.13. The van der Waals surface area contributed by atoms with Crippen molar-refractivity contribution >= 4 is 23.2 Å². The van der Waals surface area contributed by atoms with E-state index in [1.807, 2.05) is 36.2 Å². The van der Waals surface area contributed by atoms with Crippen molar-refractivity contribution in [1.29, 1.82) is 0 Å². The number of rotatable bonds is 6. The van der Waals surface area contributed by atoms with Crippen LogP contribution in [0.3, 0.4) is 0 Å². The van der Waals surface area contributed by atoms with E-state index < -0.39 is 0 Å². The van der Waals surface area contributed by atoms with Crippen LogP contribution in [-0.4, -0.2) is 32.6 Å². The Morgan fingerprint density at radius 3 is 3.31 bits per heavy atom. The predicted molar refractivity (Wildman–Crippen MR) is 69.0 cm³/mol. The fourth-order valence-electron chi connectivity index (χ4n) is 1.33. The van der Waals surface area contributed by atoms with E-state index in [0.29, 0.717) is 0 Å². The smallest absolute Gasteiger partial charge is 0.157 e. The summed E-state index contributed by atoms with van der Waals surface area (Å²) in [7, 11) is 0. The van der Waals surface area contributed by atoms with Gasteiger partial charge in [-0.15, -0.1) is 6.58 Å². The summed E-state index contributed by atoms with van der Waals surface area (Å²) in [6.45, 7) is 4.59. The number of hydrogen-bond acceptors (Lipinski definition) is 4. The number of nitrogens with zero attached hydrogens (tertiary/aromatic N) is 3. The Morgan fingerprint density at radius 2 is 2.44 bits per heavy atom. The van der Waals surface area contributed by atoms with Crippen LogP contribution in [0.25, 0.3) is 5.65 Å². The van der Waals surface area contributed by atoms with Gasteiger partial charge in [-0.1, -0.05) is 6.08 Å². The van der Waals surface area contributed by atoms with Gasteiger partial charge >= 0.3 is 0 Å². The van der Waals surface area contributed by atoms with Crippen molar-refractivity contribution in [2.75, 3.05) is 23.4 Å². The minimum Gasteiger partial charge on any atom is -0.369 e. The Morgan fingerprint density at radius 1 is 1.50 bits per heavy atom. The molecule has 1 N–H and O–H groups in total. The van der Waals surface area contributed by atoms with Crippen molar-refractivity contribution in [3.63, 3.8) is 0 Å². The van der Waals surface area contributed by atoms with Crippen molar-refractivity contribution < 1.29 is 0 Å². The average Bonchev–Trinajstić information content (AvgIpc) is 2.76. The third-order valence-electron chi connectivity index (χ3n) is 2.05. The average molecular weight is 234 g/mol. The highest BCUT2D eigenvalue weighted by molar-refractivity contribution is 7.99. The topological polar surface area (TPSA) is 42.2 Å². The fraction of sp³-hybridized carbons (Fsp3) is 0.273. The molecule has 0 bridgehead atoms. The van der Waals surface area contributed by atoms with Gasteiger partial charge in [0.15, 0.2) is 5.65 Å². The number of thioether (sulfide) groups is 1. The Bertz CT molecular complexity index is 466. The van der Waals surface area contributed by atoms with Gasteiger partial charge in [0.05, 0.1) is 6.20 Å². The maximum absolute atomic E-state index is 4.41. The number of hydrogen-bond donors (Lipinski definition) is 1. The highest BCUT2D eigenvalue weighted by atomic mass is 32.2. The summed E-state index contributed by atoms with van der Waals surface area (Å²) in [5.41, 5.74) is 0.865. The van der Waals surface area contributed by atoms with Crippen LogP contribution in [0.2, 0.25) is 0 Å². The predicted octanol–water partition coefficient (Wildman–Crippen LogP) is 2.06. The van der Waals surface area contributed by atoms with Crippen molar-refractivity contribution in [1.82, 2.24) is 14.6 Å². The molecule has 5 heteroatoms. The van der Waals surface area contributed by atoms with E-state index in [4.69, 9.17) is 0 Å². The number of nitrogens with one attached hydrogen (secondary N) is 1. The second-order valence-corrected chi connectivity index (χ2v) is 4.39. The molecular weight excluding hydrogens is 220 g/mol. The van der Waals surface area contributed by atoms with E-state index in [-0.39, 0.29) is 0 Å². The molecule has 0 spiro atoms. The fourth-order valence-corrected chi connectivity index (χ4v) is 1.91. The maximum atomic E-state index is 4.41. The molecule has 84 valence electrons. The quantitative estimate of drug-likeness (QED) is 0.613. The van der Waals surface area contributed by atoms with Gasteiger partial charge in [0.25, 0.3) is 0 Å². The lowest BCUT2D eigenvalue weighted by atomic mass is 10.5. The van der Waals surface area contributed by atoms with Gasteiger partial charge in [-0.2, -0.15) is 16.9 Å². The zero-order chi connectivity index (χ0) is 11.2. The molecule has 4 nitrogen and oxygen atoms in total. The van der Waals surface area contributed by atoms with Crippen LogP contribution < -0.4 is 5.32 Å². The highest BCUT2D eigenvalue weighted by Gasteiger charge is 1.97. The molecular formula is C11H14N4S. The molecule has 0 saturated heterocycles. The molecule has 0 aliphatic heterocycles. The van der Waals surface area contributed by atoms with E-state index in [2.05, 4.69) is 22.0 Å². The van der Waals surface area contributed by atoms with Crippen LogP contribution in [0.4, 0.5) is 5.82 Å². The van der Waals surface area contributed by atoms with E-state index in [9.17, 15) is 0 Å². The van der Waals surface area contributed by atoms with E-state index in [0.717, 1.165) is 29.5 Å². The summed E-state index contributed by atoms with van der Waals surface area (Å²) in [4.78, 5) is 4.41. The molecule has 0 radical (unpaired) electrons. The summed E-state index contributed by atoms with van der Waals surface area (Å²) < 4.78 is 1.75. The zero-order valence-electron chi connectivity index (χ0n) is 8.97. The van der Waals surface area contributed by atoms with Crippen molar-refractivity contribution in [2.24, 2.45) is 0 Å². The monoisotopic (exact) mass is 234 g/mol. The molecule has 2 heterocycles. The molecule has 0 atom stereocenters. The molecule has 0 saturated carbocycles. The first-order valence-corrected chi connectivity index (χ1v) is 6.28. The number of fused-ring (bicyclic) bond motifs is 1. The van der Waals surface area contributed by atoms with Crippen LogP contribution >= 0.6 is 11.8 Å². The molecule has 2 aromatic rings. The maximum Gasteiger partial charge on any atom is 0.157 e. The van der Waals surface area contributed by atoms with Crippen LogP contribution in [0.15, 0.2) is 37.2 Å². The minimum atomic E-state index is 0.865. The summed E-state index contributed by atoms with van der Waals surface area (Å²) in [5.74, 6) is 2.95. The van der Waals surface area contributed by atoms with Gasteiger partial charge in [0.1, 0.15) is 5.82 Å². The number of anilines is 1. The standard InChI is InChI=1S/C11H14N4S/c1-2-8-16-9-6-12-10-4-7-15-11(14-10)3-5-13-15/h2-5,7H,1,6,8-9H2,(H,12,14). The molecule has 2 aromatic heterocycles. The van der Waals surface area contributed by atoms with Crippen molar-refractivity contribution in [3.05, 3.63) is 37.2 Å². The van der Waals surface area contributed by atoms with Crippen molar-refractivity contribution in [2.45, 2.75) is 0 Å². The molecule has 0 amide bonds. The molecule has 0 aliphatic rings. The summed E-state index contributed by atoms with van der Waals surface area (Å²) in [6, 6.07) is 3.82. The summed E-state index contributed by atoms with van der Waals surface area (Å²) in [5, 5.41) is 7.37. The van der Waals surface area contributed by atoms with Crippen LogP contribution in [0, 0.1) is 0 Å².